The first kappa shape index (κ1) is 28.9. The van der Waals surface area contributed by atoms with Crippen LogP contribution >= 0.6 is 15.9 Å². The number of carbonyl (C=O) groups is 1. The number of benzene rings is 1. The van der Waals surface area contributed by atoms with Crippen LogP contribution in [0.1, 0.15) is 66.4 Å². The fourth-order valence-corrected chi connectivity index (χ4v) is 4.75. The highest BCUT2D eigenvalue weighted by atomic mass is 79.9. The van der Waals surface area contributed by atoms with Gasteiger partial charge >= 0.3 is 0 Å². The van der Waals surface area contributed by atoms with E-state index in [0.717, 1.165) is 15.6 Å². The summed E-state index contributed by atoms with van der Waals surface area (Å²) in [5, 5.41) is 2.96. The van der Waals surface area contributed by atoms with Crippen molar-refractivity contribution in [3.05, 3.63) is 40.4 Å². The van der Waals surface area contributed by atoms with Gasteiger partial charge in [0, 0.05) is 23.5 Å². The van der Waals surface area contributed by atoms with E-state index in [1.165, 1.54) is 6.92 Å². The van der Waals surface area contributed by atoms with E-state index >= 15 is 0 Å². The van der Waals surface area contributed by atoms with Gasteiger partial charge in [0.05, 0.1) is 17.0 Å². The molecule has 0 bridgehead atoms. The third-order valence-electron chi connectivity index (χ3n) is 5.55. The smallest absolute Gasteiger partial charge is 0.221 e. The number of amides is 1. The van der Waals surface area contributed by atoms with Crippen LogP contribution in [0.5, 0.6) is 0 Å². The van der Waals surface area contributed by atoms with Crippen LogP contribution in [-0.4, -0.2) is 36.0 Å². The van der Waals surface area contributed by atoms with Gasteiger partial charge in [0.25, 0.3) is 0 Å². The molecule has 2 atom stereocenters. The van der Waals surface area contributed by atoms with Gasteiger partial charge in [-0.15, -0.1) is 0 Å². The Bertz CT molecular complexity index is 886. The zero-order valence-electron chi connectivity index (χ0n) is 21.0. The second-order valence-corrected chi connectivity index (χ2v) is 18.2. The number of nitrogens with zero attached hydrogens (tertiary/aromatic N) is 1. The van der Waals surface area contributed by atoms with E-state index in [4.69, 9.17) is 4.43 Å². The van der Waals surface area contributed by atoms with Crippen molar-refractivity contribution in [2.45, 2.75) is 83.7 Å². The molecule has 1 aromatic rings. The molecule has 0 aromatic heterocycles. The highest BCUT2D eigenvalue weighted by Gasteiger charge is 2.37. The van der Waals surface area contributed by atoms with Crippen molar-refractivity contribution in [2.75, 3.05) is 11.9 Å². The first-order valence-electron chi connectivity index (χ1n) is 10.8. The molecule has 0 heterocycles. The van der Waals surface area contributed by atoms with Crippen molar-refractivity contribution >= 4 is 53.0 Å². The van der Waals surface area contributed by atoms with E-state index in [9.17, 15) is 9.00 Å². The molecular weight excluding hydrogens is 504 g/mol. The van der Waals surface area contributed by atoms with Gasteiger partial charge in [-0.3, -0.25) is 4.79 Å². The van der Waals surface area contributed by atoms with E-state index in [1.807, 2.05) is 39.0 Å². The summed E-state index contributed by atoms with van der Waals surface area (Å²) >= 11 is 3.64. The Morgan fingerprint density at radius 1 is 1.28 bits per heavy atom. The SMILES string of the molecule is C=C(CO[Si](C)(C)C(C)(C)C)CC(/C=N/S(=O)C(C)(C)C)c1cccc(NC(C)=O)c1Br. The third kappa shape index (κ3) is 8.69. The van der Waals surface area contributed by atoms with Gasteiger partial charge in [-0.2, -0.15) is 4.40 Å². The zero-order chi connectivity index (χ0) is 24.9. The number of halogens is 1. The van der Waals surface area contributed by atoms with Crippen LogP contribution in [0.4, 0.5) is 5.69 Å². The van der Waals surface area contributed by atoms with E-state index < -0.39 is 24.1 Å². The summed E-state index contributed by atoms with van der Waals surface area (Å²) < 4.78 is 23.6. The minimum atomic E-state index is -1.90. The highest BCUT2D eigenvalue weighted by Crippen LogP contribution is 2.38. The molecule has 180 valence electrons. The van der Waals surface area contributed by atoms with Gasteiger partial charge in [0.15, 0.2) is 8.32 Å². The minimum Gasteiger partial charge on any atom is -0.413 e. The van der Waals surface area contributed by atoms with Gasteiger partial charge < -0.3 is 9.74 Å². The number of anilines is 1. The molecule has 8 heteroatoms. The van der Waals surface area contributed by atoms with Crippen LogP contribution in [0, 0.1) is 0 Å². The summed E-state index contributed by atoms with van der Waals surface area (Å²) in [5.74, 6) is -0.311. The molecule has 1 N–H and O–H groups in total. The van der Waals surface area contributed by atoms with Crippen LogP contribution < -0.4 is 5.32 Å². The summed E-state index contributed by atoms with van der Waals surface area (Å²) in [5.41, 5.74) is 2.58. The first-order valence-corrected chi connectivity index (χ1v) is 15.6. The van der Waals surface area contributed by atoms with Crippen molar-refractivity contribution in [1.82, 2.24) is 0 Å². The quantitative estimate of drug-likeness (QED) is 0.207. The second kappa shape index (κ2) is 11.4. The average molecular weight is 544 g/mol. The Balaban J connectivity index is 3.20. The summed E-state index contributed by atoms with van der Waals surface area (Å²) in [6, 6.07) is 5.71. The van der Waals surface area contributed by atoms with Crippen molar-refractivity contribution in [3.63, 3.8) is 0 Å². The van der Waals surface area contributed by atoms with E-state index in [1.54, 1.807) is 6.21 Å². The molecule has 0 fully saturated rings. The predicted octanol–water partition coefficient (Wildman–Crippen LogP) is 6.99. The van der Waals surface area contributed by atoms with Crippen molar-refractivity contribution in [2.24, 2.45) is 4.40 Å². The maximum absolute atomic E-state index is 12.6. The summed E-state index contributed by atoms with van der Waals surface area (Å²) in [6.07, 6.45) is 2.35. The topological polar surface area (TPSA) is 67.8 Å². The number of rotatable bonds is 9. The van der Waals surface area contributed by atoms with Crippen LogP contribution in [0.15, 0.2) is 39.2 Å². The highest BCUT2D eigenvalue weighted by molar-refractivity contribution is 9.10. The molecular formula is C24H39BrN2O3SSi. The van der Waals surface area contributed by atoms with Crippen LogP contribution in [0.3, 0.4) is 0 Å². The van der Waals surface area contributed by atoms with Crippen LogP contribution in [0.25, 0.3) is 0 Å². The molecule has 1 amide bonds. The van der Waals surface area contributed by atoms with Crippen molar-refractivity contribution < 1.29 is 13.4 Å². The van der Waals surface area contributed by atoms with Crippen molar-refractivity contribution in [3.8, 4) is 0 Å². The largest absolute Gasteiger partial charge is 0.413 e. The lowest BCUT2D eigenvalue weighted by molar-refractivity contribution is -0.114. The van der Waals surface area contributed by atoms with Crippen LogP contribution in [0.2, 0.25) is 18.1 Å². The minimum absolute atomic E-state index is 0.119. The average Bonchev–Trinajstić information content (AvgIpc) is 2.63. The van der Waals surface area contributed by atoms with E-state index in [2.05, 4.69) is 66.1 Å². The number of carbonyl (C=O) groups excluding carboxylic acids is 1. The Morgan fingerprint density at radius 3 is 2.38 bits per heavy atom. The van der Waals surface area contributed by atoms with Gasteiger partial charge in [-0.1, -0.05) is 45.1 Å². The number of nitrogens with one attached hydrogen (secondary N) is 1. The molecule has 1 aromatic carbocycles. The van der Waals surface area contributed by atoms with Gasteiger partial charge in [-0.25, -0.2) is 4.21 Å². The maximum atomic E-state index is 12.6. The molecule has 0 aliphatic heterocycles. The lowest BCUT2D eigenvalue weighted by Crippen LogP contribution is -2.41. The molecule has 0 radical (unpaired) electrons. The van der Waals surface area contributed by atoms with E-state index in [0.29, 0.717) is 18.7 Å². The Labute approximate surface area is 206 Å². The lowest BCUT2D eigenvalue weighted by atomic mass is 9.93. The number of hydrogen-bond donors (Lipinski definition) is 1. The molecule has 2 unspecified atom stereocenters. The van der Waals surface area contributed by atoms with Gasteiger partial charge in [0.2, 0.25) is 5.91 Å². The fourth-order valence-electron chi connectivity index (χ4n) is 2.52. The summed E-state index contributed by atoms with van der Waals surface area (Å²) in [6.45, 7) is 23.0. The second-order valence-electron chi connectivity index (χ2n) is 10.6. The molecule has 32 heavy (non-hydrogen) atoms. The monoisotopic (exact) mass is 542 g/mol. The molecule has 0 aliphatic carbocycles. The normalized spacial score (nSPS) is 14.9. The summed E-state index contributed by atoms with van der Waals surface area (Å²) in [4.78, 5) is 11.6. The Kier molecular flexibility index (Phi) is 10.3. The predicted molar refractivity (Wildman–Crippen MR) is 144 cm³/mol. The van der Waals surface area contributed by atoms with E-state index in [-0.39, 0.29) is 16.9 Å². The summed E-state index contributed by atoms with van der Waals surface area (Å²) in [7, 11) is -3.26. The fraction of sp³-hybridized carbons (Fsp3) is 0.583. The molecule has 1 rings (SSSR count). The first-order chi connectivity index (χ1) is 14.5. The maximum Gasteiger partial charge on any atom is 0.221 e. The van der Waals surface area contributed by atoms with Crippen LogP contribution in [-0.2, 0) is 20.2 Å². The Hall–Kier alpha value is -1.09. The Morgan fingerprint density at radius 2 is 1.88 bits per heavy atom. The molecule has 5 nitrogen and oxygen atoms in total. The molecule has 0 spiro atoms. The van der Waals surface area contributed by atoms with Gasteiger partial charge in [0.1, 0.15) is 11.0 Å². The lowest BCUT2D eigenvalue weighted by Gasteiger charge is -2.36. The third-order valence-corrected chi connectivity index (χ3v) is 12.3. The molecule has 0 aliphatic rings. The number of hydrogen-bond acceptors (Lipinski definition) is 3. The standard InChI is InChI=1S/C24H39BrN2O3SSi/c1-17(16-30-32(9,10)24(6,7)8)14-19(15-26-31(29)23(3,4)5)20-12-11-13-21(22(20)25)27-18(2)28/h11-13,15,19H,1,14,16H2,2-10H3,(H,27,28)/b26-15+. The molecule has 0 saturated carbocycles. The van der Waals surface area contributed by atoms with Crippen molar-refractivity contribution in [1.29, 1.82) is 0 Å². The zero-order valence-corrected chi connectivity index (χ0v) is 24.4. The molecule has 0 saturated heterocycles. The van der Waals surface area contributed by atoms with Gasteiger partial charge in [-0.05, 0) is 72.9 Å².